The largest absolute Gasteiger partial charge is 0.542 e. The fourth-order valence-corrected chi connectivity index (χ4v) is 4.30. The number of hydrogen-bond donors (Lipinski definition) is 1. The SMILES string of the molecule is CC(C)(C)c1ccc(S(=O)(=O)Nc2ccc(O[Si](C)(C)C(C)(C)C)cn2)cc1. The minimum absolute atomic E-state index is 0.0305. The van der Waals surface area contributed by atoms with Crippen molar-refractivity contribution in [3.8, 4) is 5.75 Å². The van der Waals surface area contributed by atoms with Crippen LogP contribution in [0.4, 0.5) is 5.82 Å². The number of nitrogens with one attached hydrogen (secondary N) is 1. The number of aromatic nitrogens is 1. The minimum atomic E-state index is -3.69. The highest BCUT2D eigenvalue weighted by molar-refractivity contribution is 7.92. The first-order valence-electron chi connectivity index (χ1n) is 9.40. The fraction of sp³-hybridized carbons (Fsp3) is 0.476. The first kappa shape index (κ1) is 22.4. The van der Waals surface area contributed by atoms with Gasteiger partial charge in [-0.2, -0.15) is 0 Å². The van der Waals surface area contributed by atoms with Gasteiger partial charge in [-0.15, -0.1) is 0 Å². The summed E-state index contributed by atoms with van der Waals surface area (Å²) < 4.78 is 34.0. The summed E-state index contributed by atoms with van der Waals surface area (Å²) in [6.45, 7) is 17.1. The van der Waals surface area contributed by atoms with Crippen LogP contribution in [0.25, 0.3) is 0 Å². The molecular weight excluding hydrogens is 388 g/mol. The van der Waals surface area contributed by atoms with Crippen molar-refractivity contribution in [3.05, 3.63) is 48.2 Å². The van der Waals surface area contributed by atoms with Crippen LogP contribution < -0.4 is 9.15 Å². The Bertz CT molecular complexity index is 908. The van der Waals surface area contributed by atoms with Gasteiger partial charge in [0.25, 0.3) is 18.3 Å². The van der Waals surface area contributed by atoms with Gasteiger partial charge < -0.3 is 4.43 Å². The molecule has 0 bridgehead atoms. The lowest BCUT2D eigenvalue weighted by Gasteiger charge is -2.36. The van der Waals surface area contributed by atoms with Crippen LogP contribution in [0.3, 0.4) is 0 Å². The Morgan fingerprint density at radius 1 is 0.929 bits per heavy atom. The summed E-state index contributed by atoms with van der Waals surface area (Å²) in [6, 6.07) is 10.3. The number of benzene rings is 1. The second-order valence-electron chi connectivity index (χ2n) is 9.62. The first-order chi connectivity index (χ1) is 12.6. The Morgan fingerprint density at radius 2 is 1.50 bits per heavy atom. The average molecular weight is 421 g/mol. The molecule has 5 nitrogen and oxygen atoms in total. The van der Waals surface area contributed by atoms with E-state index in [0.29, 0.717) is 5.75 Å². The quantitative estimate of drug-likeness (QED) is 0.643. The first-order valence-corrected chi connectivity index (χ1v) is 13.8. The summed E-state index contributed by atoms with van der Waals surface area (Å²) in [4.78, 5) is 4.43. The molecule has 0 aliphatic carbocycles. The van der Waals surface area contributed by atoms with Crippen molar-refractivity contribution < 1.29 is 12.8 Å². The molecule has 2 rings (SSSR count). The third-order valence-corrected chi connectivity index (χ3v) is 10.9. The van der Waals surface area contributed by atoms with Gasteiger partial charge in [0.2, 0.25) is 0 Å². The lowest BCUT2D eigenvalue weighted by atomic mass is 9.87. The van der Waals surface area contributed by atoms with Crippen LogP contribution in [-0.4, -0.2) is 21.7 Å². The maximum atomic E-state index is 12.6. The molecule has 28 heavy (non-hydrogen) atoms. The smallest absolute Gasteiger partial charge is 0.263 e. The van der Waals surface area contributed by atoms with Crippen LogP contribution in [0, 0.1) is 0 Å². The molecule has 0 atom stereocenters. The highest BCUT2D eigenvalue weighted by atomic mass is 32.2. The number of rotatable bonds is 5. The summed E-state index contributed by atoms with van der Waals surface area (Å²) in [5.41, 5.74) is 1.05. The molecule has 0 radical (unpaired) electrons. The predicted molar refractivity (Wildman–Crippen MR) is 118 cm³/mol. The van der Waals surface area contributed by atoms with Gasteiger partial charge in [-0.25, -0.2) is 13.4 Å². The zero-order chi connectivity index (χ0) is 21.4. The van der Waals surface area contributed by atoms with Gasteiger partial charge in [-0.1, -0.05) is 53.7 Å². The molecule has 0 saturated carbocycles. The third-order valence-electron chi connectivity index (χ3n) is 5.19. The van der Waals surface area contributed by atoms with Gasteiger partial charge in [0, 0.05) is 0 Å². The van der Waals surface area contributed by atoms with E-state index in [2.05, 4.69) is 64.3 Å². The average Bonchev–Trinajstić information content (AvgIpc) is 2.54. The van der Waals surface area contributed by atoms with Crippen LogP contribution in [0.2, 0.25) is 18.1 Å². The third kappa shape index (κ3) is 5.35. The van der Waals surface area contributed by atoms with E-state index in [4.69, 9.17) is 4.43 Å². The molecule has 154 valence electrons. The summed E-state index contributed by atoms with van der Waals surface area (Å²) >= 11 is 0. The Morgan fingerprint density at radius 3 is 1.93 bits per heavy atom. The van der Waals surface area contributed by atoms with E-state index in [0.717, 1.165) is 5.56 Å². The zero-order valence-corrected chi connectivity index (χ0v) is 19.9. The van der Waals surface area contributed by atoms with Crippen LogP contribution in [-0.2, 0) is 15.4 Å². The van der Waals surface area contributed by atoms with Crippen molar-refractivity contribution in [3.63, 3.8) is 0 Å². The van der Waals surface area contributed by atoms with Gasteiger partial charge >= 0.3 is 0 Å². The van der Waals surface area contributed by atoms with Crippen molar-refractivity contribution in [2.45, 2.75) is 70.0 Å². The molecule has 1 heterocycles. The van der Waals surface area contributed by atoms with Gasteiger partial charge in [0.05, 0.1) is 11.1 Å². The standard InChI is InChI=1S/C21H32N2O3SSi/c1-20(2,3)16-9-12-18(13-10-16)27(24,25)23-19-14-11-17(15-22-19)26-28(7,8)21(4,5)6/h9-15H,1-8H3,(H,22,23). The van der Waals surface area contributed by atoms with Gasteiger partial charge in [0.15, 0.2) is 0 Å². The molecule has 0 unspecified atom stereocenters. The Hall–Kier alpha value is -1.86. The summed E-state index contributed by atoms with van der Waals surface area (Å²) in [5, 5.41) is 0.0759. The van der Waals surface area contributed by atoms with Crippen molar-refractivity contribution >= 4 is 24.2 Å². The van der Waals surface area contributed by atoms with Gasteiger partial charge in [0.1, 0.15) is 11.6 Å². The highest BCUT2D eigenvalue weighted by Gasteiger charge is 2.39. The second-order valence-corrected chi connectivity index (χ2v) is 16.0. The zero-order valence-electron chi connectivity index (χ0n) is 18.1. The minimum Gasteiger partial charge on any atom is -0.542 e. The molecule has 0 aliphatic rings. The molecule has 1 aromatic carbocycles. The number of pyridine rings is 1. The van der Waals surface area contributed by atoms with Crippen molar-refractivity contribution in [2.24, 2.45) is 0 Å². The lowest BCUT2D eigenvalue weighted by molar-refractivity contribution is 0.490. The summed E-state index contributed by atoms with van der Waals surface area (Å²) in [5.74, 6) is 0.923. The fourth-order valence-electron chi connectivity index (χ4n) is 2.28. The number of sulfonamides is 1. The van der Waals surface area contributed by atoms with Crippen LogP contribution in [0.1, 0.15) is 47.1 Å². The van der Waals surface area contributed by atoms with Gasteiger partial charge in [-0.3, -0.25) is 4.72 Å². The van der Waals surface area contributed by atoms with Crippen molar-refractivity contribution in [1.29, 1.82) is 0 Å². The molecule has 0 aliphatic heterocycles. The van der Waals surface area contributed by atoms with Crippen molar-refractivity contribution in [1.82, 2.24) is 4.98 Å². The van der Waals surface area contributed by atoms with E-state index >= 15 is 0 Å². The molecule has 1 aromatic heterocycles. The predicted octanol–water partition coefficient (Wildman–Crippen LogP) is 5.56. The number of anilines is 1. The number of hydrogen-bond acceptors (Lipinski definition) is 4. The maximum absolute atomic E-state index is 12.6. The van der Waals surface area contributed by atoms with E-state index in [1.165, 1.54) is 0 Å². The van der Waals surface area contributed by atoms with E-state index in [9.17, 15) is 8.42 Å². The Labute approximate surface area is 170 Å². The normalized spacial score (nSPS) is 13.3. The Kier molecular flexibility index (Phi) is 6.02. The molecule has 0 saturated heterocycles. The maximum Gasteiger partial charge on any atom is 0.263 e. The van der Waals surface area contributed by atoms with Gasteiger partial charge in [-0.05, 0) is 53.4 Å². The molecule has 0 amide bonds. The van der Waals surface area contributed by atoms with Crippen LogP contribution in [0.15, 0.2) is 47.5 Å². The topological polar surface area (TPSA) is 68.3 Å². The van der Waals surface area contributed by atoms with Crippen molar-refractivity contribution in [2.75, 3.05) is 4.72 Å². The number of nitrogens with zero attached hydrogens (tertiary/aromatic N) is 1. The second kappa shape index (κ2) is 7.52. The summed E-state index contributed by atoms with van der Waals surface area (Å²) in [6.07, 6.45) is 1.57. The van der Waals surface area contributed by atoms with E-state index < -0.39 is 18.3 Å². The highest BCUT2D eigenvalue weighted by Crippen LogP contribution is 2.37. The lowest BCUT2D eigenvalue weighted by Crippen LogP contribution is -2.43. The molecule has 7 heteroatoms. The molecule has 0 spiro atoms. The molecule has 0 fully saturated rings. The van der Waals surface area contributed by atoms with Crippen LogP contribution >= 0.6 is 0 Å². The molecular formula is C21H32N2O3SSi. The molecule has 2 aromatic rings. The monoisotopic (exact) mass is 420 g/mol. The van der Waals surface area contributed by atoms with Crippen LogP contribution in [0.5, 0.6) is 5.75 Å². The Balaban J connectivity index is 2.15. The van der Waals surface area contributed by atoms with E-state index in [-0.39, 0.29) is 21.2 Å². The van der Waals surface area contributed by atoms with E-state index in [1.807, 2.05) is 12.1 Å². The van der Waals surface area contributed by atoms with E-state index in [1.54, 1.807) is 30.5 Å². The molecule has 1 N–H and O–H groups in total. The summed E-state index contributed by atoms with van der Waals surface area (Å²) in [7, 11) is -5.65.